The minimum Gasteiger partial charge on any atom is -0.491 e. The van der Waals surface area contributed by atoms with Gasteiger partial charge in [0.05, 0.1) is 12.3 Å². The van der Waals surface area contributed by atoms with Crippen molar-refractivity contribution >= 4 is 5.69 Å². The summed E-state index contributed by atoms with van der Waals surface area (Å²) in [5.74, 6) is 0.816. The van der Waals surface area contributed by atoms with Crippen molar-refractivity contribution in [1.82, 2.24) is 5.32 Å². The van der Waals surface area contributed by atoms with Crippen molar-refractivity contribution < 1.29 is 4.74 Å². The van der Waals surface area contributed by atoms with Gasteiger partial charge in [-0.25, -0.2) is 0 Å². The lowest BCUT2D eigenvalue weighted by molar-refractivity contribution is 0.319. The van der Waals surface area contributed by atoms with Crippen molar-refractivity contribution in [2.24, 2.45) is 0 Å². The zero-order valence-corrected chi connectivity index (χ0v) is 11.2. The fourth-order valence-electron chi connectivity index (χ4n) is 1.98. The highest BCUT2D eigenvalue weighted by Crippen LogP contribution is 2.23. The first-order valence-corrected chi connectivity index (χ1v) is 7.04. The summed E-state index contributed by atoms with van der Waals surface area (Å²) in [5, 5.41) is 3.52. The normalized spacial score (nSPS) is 14.7. The van der Waals surface area contributed by atoms with E-state index in [9.17, 15) is 0 Å². The molecule has 1 aromatic carbocycles. The fourth-order valence-corrected chi connectivity index (χ4v) is 1.98. The van der Waals surface area contributed by atoms with Crippen LogP contribution in [0.15, 0.2) is 18.2 Å². The van der Waals surface area contributed by atoms with Gasteiger partial charge in [-0.15, -0.1) is 0 Å². The van der Waals surface area contributed by atoms with Crippen molar-refractivity contribution in [2.75, 3.05) is 18.9 Å². The first kappa shape index (κ1) is 13.2. The number of hydrogen-bond acceptors (Lipinski definition) is 3. The molecule has 1 saturated carbocycles. The molecule has 0 atom stereocenters. The molecule has 0 heterocycles. The number of benzene rings is 1. The summed E-state index contributed by atoms with van der Waals surface area (Å²) in [6, 6.07) is 6.97. The third-order valence-corrected chi connectivity index (χ3v) is 3.19. The van der Waals surface area contributed by atoms with Crippen LogP contribution in [0.25, 0.3) is 0 Å². The van der Waals surface area contributed by atoms with Crippen LogP contribution < -0.4 is 15.8 Å². The molecule has 1 aromatic rings. The van der Waals surface area contributed by atoms with E-state index in [0.29, 0.717) is 0 Å². The maximum Gasteiger partial charge on any atom is 0.142 e. The van der Waals surface area contributed by atoms with Crippen molar-refractivity contribution in [3.05, 3.63) is 23.8 Å². The van der Waals surface area contributed by atoms with E-state index in [-0.39, 0.29) is 0 Å². The summed E-state index contributed by atoms with van der Waals surface area (Å²) < 4.78 is 5.57. The summed E-state index contributed by atoms with van der Waals surface area (Å²) in [4.78, 5) is 0. The second kappa shape index (κ2) is 6.64. The van der Waals surface area contributed by atoms with E-state index >= 15 is 0 Å². The molecular weight excluding hydrogens is 224 g/mol. The minimum absolute atomic E-state index is 0.731. The lowest BCUT2D eigenvalue weighted by Gasteiger charge is -2.10. The number of anilines is 1. The van der Waals surface area contributed by atoms with Gasteiger partial charge in [-0.2, -0.15) is 0 Å². The number of hydrogen-bond donors (Lipinski definition) is 2. The first-order valence-electron chi connectivity index (χ1n) is 7.04. The van der Waals surface area contributed by atoms with Gasteiger partial charge < -0.3 is 15.8 Å². The van der Waals surface area contributed by atoms with Crippen LogP contribution in [0.2, 0.25) is 0 Å². The molecule has 0 unspecified atom stereocenters. The van der Waals surface area contributed by atoms with E-state index < -0.39 is 0 Å². The van der Waals surface area contributed by atoms with E-state index in [1.165, 1.54) is 24.8 Å². The van der Waals surface area contributed by atoms with Crippen LogP contribution >= 0.6 is 0 Å². The molecule has 3 nitrogen and oxygen atoms in total. The molecule has 0 aliphatic heterocycles. The van der Waals surface area contributed by atoms with Gasteiger partial charge >= 0.3 is 0 Å². The summed E-state index contributed by atoms with van der Waals surface area (Å²) in [6.45, 7) is 3.94. The minimum atomic E-state index is 0.731. The molecule has 100 valence electrons. The molecule has 0 bridgehead atoms. The van der Waals surface area contributed by atoms with E-state index in [4.69, 9.17) is 10.5 Å². The zero-order valence-electron chi connectivity index (χ0n) is 11.2. The number of nitrogen functional groups attached to an aromatic ring is 1. The average Bonchev–Trinajstić information content (AvgIpc) is 3.18. The fraction of sp³-hybridized carbons (Fsp3) is 0.600. The van der Waals surface area contributed by atoms with E-state index in [0.717, 1.165) is 43.5 Å². The monoisotopic (exact) mass is 248 g/mol. The van der Waals surface area contributed by atoms with E-state index in [1.807, 2.05) is 12.1 Å². The average molecular weight is 248 g/mol. The Balaban J connectivity index is 1.75. The molecule has 0 spiro atoms. The van der Waals surface area contributed by atoms with E-state index in [2.05, 4.69) is 18.3 Å². The molecular formula is C15H24N2O. The third kappa shape index (κ3) is 4.22. The number of rotatable bonds is 8. The van der Waals surface area contributed by atoms with Gasteiger partial charge in [0.15, 0.2) is 0 Å². The Morgan fingerprint density at radius 1 is 1.39 bits per heavy atom. The maximum atomic E-state index is 5.98. The molecule has 18 heavy (non-hydrogen) atoms. The largest absolute Gasteiger partial charge is 0.491 e. The quantitative estimate of drug-likeness (QED) is 0.549. The molecule has 2 rings (SSSR count). The Hall–Kier alpha value is -1.22. The van der Waals surface area contributed by atoms with Gasteiger partial charge in [0.25, 0.3) is 0 Å². The zero-order chi connectivity index (χ0) is 12.8. The topological polar surface area (TPSA) is 47.3 Å². The third-order valence-electron chi connectivity index (χ3n) is 3.19. The van der Waals surface area contributed by atoms with Gasteiger partial charge in [-0.3, -0.25) is 0 Å². The smallest absolute Gasteiger partial charge is 0.142 e. The van der Waals surface area contributed by atoms with Crippen LogP contribution in [0, 0.1) is 0 Å². The van der Waals surface area contributed by atoms with Gasteiger partial charge in [0, 0.05) is 6.04 Å². The number of aryl methyl sites for hydroxylation is 1. The van der Waals surface area contributed by atoms with Gasteiger partial charge in [-0.05, 0) is 56.3 Å². The number of nitrogens with two attached hydrogens (primary N) is 1. The van der Waals surface area contributed by atoms with Crippen molar-refractivity contribution in [1.29, 1.82) is 0 Å². The molecule has 1 aliphatic carbocycles. The second-order valence-electron chi connectivity index (χ2n) is 5.05. The Bertz CT molecular complexity index is 375. The number of ether oxygens (including phenoxy) is 1. The Labute approximate surface area is 110 Å². The van der Waals surface area contributed by atoms with Crippen molar-refractivity contribution in [2.45, 2.75) is 45.1 Å². The van der Waals surface area contributed by atoms with Gasteiger partial charge in [-0.1, -0.05) is 13.0 Å². The molecule has 1 aliphatic rings. The maximum absolute atomic E-state index is 5.98. The summed E-state index contributed by atoms with van der Waals surface area (Å²) in [5.41, 5.74) is 8.04. The standard InChI is InChI=1S/C15H24N2O/c1-2-10-18-15-8-5-12(11-14(15)16)4-3-9-17-13-6-7-13/h5,8,11,13,17H,2-4,6-7,9-10,16H2,1H3. The van der Waals surface area contributed by atoms with Gasteiger partial charge in [0.2, 0.25) is 0 Å². The summed E-state index contributed by atoms with van der Waals surface area (Å²) in [6.07, 6.45) is 5.98. The molecule has 3 N–H and O–H groups in total. The lowest BCUT2D eigenvalue weighted by atomic mass is 10.1. The van der Waals surface area contributed by atoms with Gasteiger partial charge in [0.1, 0.15) is 5.75 Å². The molecule has 0 amide bonds. The van der Waals surface area contributed by atoms with Crippen molar-refractivity contribution in [3.8, 4) is 5.75 Å². The highest BCUT2D eigenvalue weighted by atomic mass is 16.5. The Morgan fingerprint density at radius 2 is 2.22 bits per heavy atom. The number of nitrogens with one attached hydrogen (secondary N) is 1. The highest BCUT2D eigenvalue weighted by Gasteiger charge is 2.19. The van der Waals surface area contributed by atoms with Crippen LogP contribution in [0.1, 0.15) is 38.2 Å². The van der Waals surface area contributed by atoms with Crippen LogP contribution in [-0.4, -0.2) is 19.2 Å². The van der Waals surface area contributed by atoms with Crippen LogP contribution in [0.4, 0.5) is 5.69 Å². The molecule has 1 fully saturated rings. The SMILES string of the molecule is CCCOc1ccc(CCCNC2CC2)cc1N. The molecule has 0 radical (unpaired) electrons. The predicted octanol–water partition coefficient (Wildman–Crippen LogP) is 2.74. The molecule has 0 saturated heterocycles. The van der Waals surface area contributed by atoms with Crippen molar-refractivity contribution in [3.63, 3.8) is 0 Å². The predicted molar refractivity (Wildman–Crippen MR) is 76.0 cm³/mol. The summed E-state index contributed by atoms with van der Waals surface area (Å²) >= 11 is 0. The molecule has 3 heteroatoms. The van der Waals surface area contributed by atoms with E-state index in [1.54, 1.807) is 0 Å². The van der Waals surface area contributed by atoms with Crippen LogP contribution in [0.5, 0.6) is 5.75 Å². The molecule has 0 aromatic heterocycles. The Morgan fingerprint density at radius 3 is 2.89 bits per heavy atom. The summed E-state index contributed by atoms with van der Waals surface area (Å²) in [7, 11) is 0. The van der Waals surface area contributed by atoms with Crippen LogP contribution in [0.3, 0.4) is 0 Å². The Kier molecular flexibility index (Phi) is 4.88. The first-order chi connectivity index (χ1) is 8.79. The highest BCUT2D eigenvalue weighted by molar-refractivity contribution is 5.54. The second-order valence-corrected chi connectivity index (χ2v) is 5.05. The lowest BCUT2D eigenvalue weighted by Crippen LogP contribution is -2.17. The van der Waals surface area contributed by atoms with Crippen LogP contribution in [-0.2, 0) is 6.42 Å².